The molecule has 1 aliphatic heterocycles. The van der Waals surface area contributed by atoms with Crippen molar-refractivity contribution in [1.82, 2.24) is 9.55 Å². The summed E-state index contributed by atoms with van der Waals surface area (Å²) in [4.78, 5) is 37.9. The largest absolute Gasteiger partial charge is 0.394 e. The Kier molecular flexibility index (Phi) is 7.82. The van der Waals surface area contributed by atoms with Crippen molar-refractivity contribution in [2.75, 3.05) is 6.61 Å². The van der Waals surface area contributed by atoms with Gasteiger partial charge >= 0.3 is 5.69 Å². The van der Waals surface area contributed by atoms with Crippen molar-refractivity contribution in [3.63, 3.8) is 0 Å². The van der Waals surface area contributed by atoms with E-state index in [1.807, 2.05) is 36.4 Å². The molecular weight excluding hydrogens is 537 g/mol. The number of nitro benzene ring substituents is 1. The minimum Gasteiger partial charge on any atom is -0.394 e. The number of hydrogen-bond acceptors (Lipinski definition) is 8. The van der Waals surface area contributed by atoms with Crippen molar-refractivity contribution in [2.24, 2.45) is 5.92 Å². The van der Waals surface area contributed by atoms with Crippen LogP contribution in [0.3, 0.4) is 0 Å². The number of nitro groups is 1. The van der Waals surface area contributed by atoms with Gasteiger partial charge in [0.25, 0.3) is 11.2 Å². The molecule has 1 aromatic heterocycles. The summed E-state index contributed by atoms with van der Waals surface area (Å²) in [5.41, 5.74) is -0.929. The fourth-order valence-electron chi connectivity index (χ4n) is 3.63. The molecule has 3 N–H and O–H groups in total. The molecule has 0 saturated carbocycles. The van der Waals surface area contributed by atoms with E-state index in [-0.39, 0.29) is 30.2 Å². The van der Waals surface area contributed by atoms with Crippen LogP contribution in [-0.2, 0) is 16.1 Å². The molecule has 174 valence electrons. The summed E-state index contributed by atoms with van der Waals surface area (Å²) in [6, 6.07) is 4.84. The number of nitrogens with one attached hydrogen (secondary N) is 1. The number of aromatic nitrogens is 2. The molecule has 3 rings (SSSR count). The lowest BCUT2D eigenvalue weighted by molar-refractivity contribution is -0.386. The normalized spacial score (nSPS) is 21.8. The molecule has 0 radical (unpaired) electrons. The van der Waals surface area contributed by atoms with Gasteiger partial charge in [0, 0.05) is 22.3 Å². The number of aliphatic hydroxyl groups is 2. The van der Waals surface area contributed by atoms with Gasteiger partial charge in [0.2, 0.25) is 0 Å². The average Bonchev–Trinajstić information content (AvgIpc) is 3.10. The number of aromatic amines is 1. The molecule has 32 heavy (non-hydrogen) atoms. The molecular formula is C20H24IN3O8. The molecule has 2 aromatic rings. The van der Waals surface area contributed by atoms with E-state index >= 15 is 0 Å². The first kappa shape index (κ1) is 24.5. The summed E-state index contributed by atoms with van der Waals surface area (Å²) < 4.78 is 13.3. The SMILES string of the molecule is CC(C)C(OCc1cn([C@H]2CC(O)[C@@H](CO)O2)c(=O)[nH]c1=O)c1ccc(I)cc1[N+](=O)[O-]. The molecule has 0 spiro atoms. The van der Waals surface area contributed by atoms with Gasteiger partial charge in [0.1, 0.15) is 12.3 Å². The van der Waals surface area contributed by atoms with Gasteiger partial charge in [-0.3, -0.25) is 24.5 Å². The predicted octanol–water partition coefficient (Wildman–Crippen LogP) is 1.60. The molecule has 0 bridgehead atoms. The minimum atomic E-state index is -0.949. The zero-order valence-electron chi connectivity index (χ0n) is 17.4. The number of ether oxygens (including phenoxy) is 2. The Morgan fingerprint density at radius 2 is 2.12 bits per heavy atom. The molecule has 2 unspecified atom stereocenters. The van der Waals surface area contributed by atoms with Crippen LogP contribution >= 0.6 is 22.6 Å². The predicted molar refractivity (Wildman–Crippen MR) is 121 cm³/mol. The van der Waals surface area contributed by atoms with Gasteiger partial charge in [-0.2, -0.15) is 0 Å². The van der Waals surface area contributed by atoms with Crippen molar-refractivity contribution >= 4 is 28.3 Å². The molecule has 1 saturated heterocycles. The first-order valence-corrected chi connectivity index (χ1v) is 11.0. The van der Waals surface area contributed by atoms with E-state index in [2.05, 4.69) is 4.98 Å². The maximum atomic E-state index is 12.3. The van der Waals surface area contributed by atoms with Crippen molar-refractivity contribution in [2.45, 2.75) is 51.4 Å². The summed E-state index contributed by atoms with van der Waals surface area (Å²) in [6.07, 6.45) is -1.95. The highest BCUT2D eigenvalue weighted by atomic mass is 127. The van der Waals surface area contributed by atoms with E-state index in [0.29, 0.717) is 9.13 Å². The van der Waals surface area contributed by atoms with Gasteiger partial charge in [-0.05, 0) is 40.6 Å². The lowest BCUT2D eigenvalue weighted by atomic mass is 9.97. The van der Waals surface area contributed by atoms with Crippen LogP contribution in [0.25, 0.3) is 0 Å². The Morgan fingerprint density at radius 1 is 1.41 bits per heavy atom. The van der Waals surface area contributed by atoms with E-state index in [1.165, 1.54) is 12.3 Å². The molecule has 2 heterocycles. The highest BCUT2D eigenvalue weighted by Gasteiger charge is 2.35. The molecule has 1 fully saturated rings. The quantitative estimate of drug-likeness (QED) is 0.249. The third-order valence-electron chi connectivity index (χ3n) is 5.26. The Labute approximate surface area is 196 Å². The summed E-state index contributed by atoms with van der Waals surface area (Å²) in [7, 11) is 0. The summed E-state index contributed by atoms with van der Waals surface area (Å²) in [5.74, 6) is -0.141. The summed E-state index contributed by atoms with van der Waals surface area (Å²) >= 11 is 1.99. The maximum absolute atomic E-state index is 12.3. The monoisotopic (exact) mass is 561 g/mol. The minimum absolute atomic E-state index is 0.0704. The number of halogens is 1. The second-order valence-electron chi connectivity index (χ2n) is 7.87. The summed E-state index contributed by atoms with van der Waals surface area (Å²) in [6.45, 7) is 3.08. The third kappa shape index (κ3) is 5.26. The van der Waals surface area contributed by atoms with Crippen molar-refractivity contribution in [3.05, 3.63) is 70.0 Å². The van der Waals surface area contributed by atoms with E-state index in [0.717, 1.165) is 4.57 Å². The van der Waals surface area contributed by atoms with E-state index in [4.69, 9.17) is 9.47 Å². The van der Waals surface area contributed by atoms with E-state index < -0.39 is 47.3 Å². The molecule has 1 aliphatic rings. The van der Waals surface area contributed by atoms with Crippen molar-refractivity contribution in [1.29, 1.82) is 0 Å². The Balaban J connectivity index is 1.88. The van der Waals surface area contributed by atoms with Crippen molar-refractivity contribution < 1.29 is 24.6 Å². The second kappa shape index (κ2) is 10.2. The highest BCUT2D eigenvalue weighted by molar-refractivity contribution is 14.1. The molecule has 12 heteroatoms. The molecule has 0 aliphatic carbocycles. The highest BCUT2D eigenvalue weighted by Crippen LogP contribution is 2.34. The fraction of sp³-hybridized carbons (Fsp3) is 0.500. The number of rotatable bonds is 8. The molecule has 0 amide bonds. The number of H-pyrrole nitrogens is 1. The zero-order valence-corrected chi connectivity index (χ0v) is 19.6. The van der Waals surface area contributed by atoms with E-state index in [9.17, 15) is 29.9 Å². The number of nitrogens with zero attached hydrogens (tertiary/aromatic N) is 2. The zero-order chi connectivity index (χ0) is 23.6. The Hall–Kier alpha value is -2.13. The van der Waals surface area contributed by atoms with Gasteiger partial charge in [0.15, 0.2) is 0 Å². The molecule has 11 nitrogen and oxygen atoms in total. The molecule has 1 aromatic carbocycles. The lowest BCUT2D eigenvalue weighted by Crippen LogP contribution is -2.34. The van der Waals surface area contributed by atoms with Gasteiger partial charge < -0.3 is 19.7 Å². The van der Waals surface area contributed by atoms with Crippen LogP contribution in [0.4, 0.5) is 5.69 Å². The topological polar surface area (TPSA) is 157 Å². The van der Waals surface area contributed by atoms with Crippen LogP contribution in [0.1, 0.15) is 43.7 Å². The third-order valence-corrected chi connectivity index (χ3v) is 5.93. The van der Waals surface area contributed by atoms with Gasteiger partial charge in [-0.25, -0.2) is 4.79 Å². The van der Waals surface area contributed by atoms with Crippen LogP contribution in [0, 0.1) is 19.6 Å². The first-order valence-electron chi connectivity index (χ1n) is 9.96. The lowest BCUT2D eigenvalue weighted by Gasteiger charge is -2.22. The van der Waals surface area contributed by atoms with Gasteiger partial charge in [0.05, 0.1) is 41.5 Å². The number of aliphatic hydroxyl groups excluding tert-OH is 2. The van der Waals surface area contributed by atoms with Crippen molar-refractivity contribution in [3.8, 4) is 0 Å². The average molecular weight is 561 g/mol. The van der Waals surface area contributed by atoms with Gasteiger partial charge in [-0.1, -0.05) is 13.8 Å². The first-order chi connectivity index (χ1) is 15.1. The smallest absolute Gasteiger partial charge is 0.330 e. The van der Waals surface area contributed by atoms with Crippen LogP contribution in [0.5, 0.6) is 0 Å². The number of hydrogen-bond donors (Lipinski definition) is 3. The number of benzene rings is 1. The maximum Gasteiger partial charge on any atom is 0.330 e. The van der Waals surface area contributed by atoms with Gasteiger partial charge in [-0.15, -0.1) is 0 Å². The second-order valence-corrected chi connectivity index (χ2v) is 9.12. The standard InChI is InChI=1S/C20H24IN3O8/c1-10(2)18(13-4-3-12(21)5-14(13)24(29)30)31-9-11-7-23(20(28)22-19(11)27)17-6-15(26)16(8-25)32-17/h3-5,7,10,15-18,25-26H,6,8-9H2,1-2H3,(H,22,27,28)/t15?,16-,17-,18?/m1/s1. The van der Waals surface area contributed by atoms with Crippen LogP contribution in [-0.4, -0.2) is 43.5 Å². The Morgan fingerprint density at radius 3 is 2.72 bits per heavy atom. The van der Waals surface area contributed by atoms with Crippen LogP contribution < -0.4 is 11.2 Å². The molecule has 4 atom stereocenters. The summed E-state index contributed by atoms with van der Waals surface area (Å²) in [5, 5.41) is 30.7. The van der Waals surface area contributed by atoms with Crippen LogP contribution in [0.15, 0.2) is 34.0 Å². The van der Waals surface area contributed by atoms with E-state index in [1.54, 1.807) is 12.1 Å². The fourth-order valence-corrected chi connectivity index (χ4v) is 4.11. The Bertz CT molecular complexity index is 1100. The van der Waals surface area contributed by atoms with Crippen LogP contribution in [0.2, 0.25) is 0 Å².